The van der Waals surface area contributed by atoms with E-state index in [0.717, 1.165) is 16.6 Å². The summed E-state index contributed by atoms with van der Waals surface area (Å²) in [5, 5.41) is 4.62. The Bertz CT molecular complexity index is 527. The van der Waals surface area contributed by atoms with Crippen molar-refractivity contribution in [1.82, 2.24) is 4.98 Å². The van der Waals surface area contributed by atoms with Crippen LogP contribution in [0.2, 0.25) is 5.02 Å². The third-order valence-corrected chi connectivity index (χ3v) is 2.39. The third kappa shape index (κ3) is 2.00. The molecule has 0 aliphatic carbocycles. The summed E-state index contributed by atoms with van der Waals surface area (Å²) in [6.45, 7) is 0. The van der Waals surface area contributed by atoms with Gasteiger partial charge in [0.05, 0.1) is 10.5 Å². The molecule has 0 atom stereocenters. The summed E-state index contributed by atoms with van der Waals surface area (Å²) < 4.78 is 0. The topological polar surface area (TPSA) is 50.9 Å². The van der Waals surface area contributed by atoms with Crippen LogP contribution in [0.3, 0.4) is 0 Å². The molecule has 2 rings (SSSR count). The van der Waals surface area contributed by atoms with E-state index in [2.05, 4.69) is 10.3 Å². The number of aromatic nitrogens is 1. The predicted molar refractivity (Wildman–Crippen MR) is 67.2 cm³/mol. The van der Waals surface area contributed by atoms with Gasteiger partial charge in [-0.1, -0.05) is 11.6 Å². The average molecular weight is 238 g/mol. The lowest BCUT2D eigenvalue weighted by atomic mass is 10.2. The lowest BCUT2D eigenvalue weighted by Gasteiger charge is -2.08. The minimum atomic E-state index is 0.225. The molecule has 15 heavy (non-hydrogen) atoms. The number of nitrogens with zero attached hydrogens (tertiary/aromatic N) is 1. The first-order valence-electron chi connectivity index (χ1n) is 4.28. The van der Waals surface area contributed by atoms with Gasteiger partial charge >= 0.3 is 0 Å². The van der Waals surface area contributed by atoms with Crippen LogP contribution < -0.4 is 11.1 Å². The Morgan fingerprint density at radius 3 is 2.93 bits per heavy atom. The molecule has 0 fully saturated rings. The highest BCUT2D eigenvalue weighted by Crippen LogP contribution is 2.27. The Morgan fingerprint density at radius 2 is 2.20 bits per heavy atom. The number of rotatable bonds is 1. The molecule has 0 radical (unpaired) electrons. The van der Waals surface area contributed by atoms with Crippen molar-refractivity contribution in [3.8, 4) is 0 Å². The van der Waals surface area contributed by atoms with Crippen LogP contribution in [0.15, 0.2) is 30.5 Å². The van der Waals surface area contributed by atoms with E-state index >= 15 is 0 Å². The molecule has 3 nitrogen and oxygen atoms in total. The fraction of sp³-hybridized carbons (Fsp3) is 0. The fourth-order valence-corrected chi connectivity index (χ4v) is 1.70. The van der Waals surface area contributed by atoms with E-state index in [0.29, 0.717) is 5.02 Å². The Kier molecular flexibility index (Phi) is 2.70. The van der Waals surface area contributed by atoms with Crippen LogP contribution in [-0.4, -0.2) is 10.1 Å². The van der Waals surface area contributed by atoms with E-state index in [-0.39, 0.29) is 5.11 Å². The first kappa shape index (κ1) is 10.1. The van der Waals surface area contributed by atoms with Crippen molar-refractivity contribution >= 4 is 45.5 Å². The van der Waals surface area contributed by atoms with E-state index < -0.39 is 0 Å². The maximum absolute atomic E-state index is 6.01. The molecule has 3 N–H and O–H groups in total. The number of hydrogen-bond acceptors (Lipinski definition) is 2. The summed E-state index contributed by atoms with van der Waals surface area (Å²) in [6, 6.07) is 7.33. The normalized spacial score (nSPS) is 10.2. The van der Waals surface area contributed by atoms with Gasteiger partial charge in [0.25, 0.3) is 0 Å². The number of nitrogens with one attached hydrogen (secondary N) is 1. The van der Waals surface area contributed by atoms with E-state index in [4.69, 9.17) is 29.6 Å². The van der Waals surface area contributed by atoms with Gasteiger partial charge in [-0.05, 0) is 36.5 Å². The number of hydrogen-bond donors (Lipinski definition) is 2. The number of fused-ring (bicyclic) bond motifs is 1. The maximum Gasteiger partial charge on any atom is 0.168 e. The van der Waals surface area contributed by atoms with Crippen molar-refractivity contribution in [3.63, 3.8) is 0 Å². The van der Waals surface area contributed by atoms with Crippen LogP contribution in [-0.2, 0) is 0 Å². The minimum Gasteiger partial charge on any atom is -0.376 e. The van der Waals surface area contributed by atoms with E-state index in [1.807, 2.05) is 18.2 Å². The number of nitrogens with two attached hydrogens (primary N) is 1. The molecule has 1 heterocycles. The van der Waals surface area contributed by atoms with Crippen molar-refractivity contribution in [2.24, 2.45) is 5.73 Å². The molecule has 0 aliphatic rings. The molecule has 76 valence electrons. The molecule has 0 saturated carbocycles. The Hall–Kier alpha value is -1.39. The van der Waals surface area contributed by atoms with Crippen molar-refractivity contribution in [1.29, 1.82) is 0 Å². The SMILES string of the molecule is NC(=S)Nc1ccc(Cl)c2ncccc12. The highest BCUT2D eigenvalue weighted by Gasteiger charge is 2.05. The first-order chi connectivity index (χ1) is 7.18. The quantitative estimate of drug-likeness (QED) is 0.749. The molecular formula is C10H8ClN3S. The molecule has 0 amide bonds. The van der Waals surface area contributed by atoms with Crippen LogP contribution in [0.1, 0.15) is 0 Å². The summed E-state index contributed by atoms with van der Waals surface area (Å²) in [5.41, 5.74) is 6.97. The zero-order valence-electron chi connectivity index (χ0n) is 7.70. The largest absolute Gasteiger partial charge is 0.376 e. The van der Waals surface area contributed by atoms with Crippen molar-refractivity contribution in [3.05, 3.63) is 35.5 Å². The molecule has 0 saturated heterocycles. The molecule has 1 aromatic carbocycles. The standard InChI is InChI=1S/C10H8ClN3S/c11-7-3-4-8(14-10(12)15)6-2-1-5-13-9(6)7/h1-5H,(H3,12,14,15). The predicted octanol–water partition coefficient (Wildman–Crippen LogP) is 2.54. The van der Waals surface area contributed by atoms with Gasteiger partial charge < -0.3 is 11.1 Å². The number of benzene rings is 1. The molecule has 2 aromatic rings. The van der Waals surface area contributed by atoms with E-state index in [9.17, 15) is 0 Å². The highest BCUT2D eigenvalue weighted by atomic mass is 35.5. The number of thiocarbonyl (C=S) groups is 1. The van der Waals surface area contributed by atoms with E-state index in [1.54, 1.807) is 12.3 Å². The summed E-state index contributed by atoms with van der Waals surface area (Å²) >= 11 is 10.8. The lowest BCUT2D eigenvalue weighted by molar-refractivity contribution is 1.41. The molecule has 0 unspecified atom stereocenters. The maximum atomic E-state index is 6.01. The molecule has 0 spiro atoms. The van der Waals surface area contributed by atoms with Crippen LogP contribution in [0.4, 0.5) is 5.69 Å². The Balaban J connectivity index is 2.66. The lowest BCUT2D eigenvalue weighted by Crippen LogP contribution is -2.19. The second-order valence-electron chi connectivity index (χ2n) is 2.98. The fourth-order valence-electron chi connectivity index (χ4n) is 1.38. The Morgan fingerprint density at radius 1 is 1.40 bits per heavy atom. The molecule has 0 aliphatic heterocycles. The first-order valence-corrected chi connectivity index (χ1v) is 5.07. The number of pyridine rings is 1. The highest BCUT2D eigenvalue weighted by molar-refractivity contribution is 7.80. The summed E-state index contributed by atoms with van der Waals surface area (Å²) in [5.74, 6) is 0. The van der Waals surface area contributed by atoms with Crippen molar-refractivity contribution < 1.29 is 0 Å². The van der Waals surface area contributed by atoms with Crippen molar-refractivity contribution in [2.75, 3.05) is 5.32 Å². The summed E-state index contributed by atoms with van der Waals surface area (Å²) in [4.78, 5) is 4.19. The van der Waals surface area contributed by atoms with Crippen LogP contribution in [0.25, 0.3) is 10.9 Å². The monoisotopic (exact) mass is 237 g/mol. The van der Waals surface area contributed by atoms with Gasteiger partial charge in [-0.25, -0.2) is 0 Å². The third-order valence-electron chi connectivity index (χ3n) is 1.98. The average Bonchev–Trinajstić information content (AvgIpc) is 2.22. The Labute approximate surface area is 97.2 Å². The molecule has 5 heteroatoms. The van der Waals surface area contributed by atoms with Gasteiger partial charge in [-0.3, -0.25) is 4.98 Å². The van der Waals surface area contributed by atoms with Crippen LogP contribution in [0.5, 0.6) is 0 Å². The minimum absolute atomic E-state index is 0.225. The van der Waals surface area contributed by atoms with Gasteiger partial charge in [-0.2, -0.15) is 0 Å². The summed E-state index contributed by atoms with van der Waals surface area (Å²) in [6.07, 6.45) is 1.69. The zero-order valence-corrected chi connectivity index (χ0v) is 9.27. The molecular weight excluding hydrogens is 230 g/mol. The van der Waals surface area contributed by atoms with Gasteiger partial charge in [0, 0.05) is 17.3 Å². The van der Waals surface area contributed by atoms with E-state index in [1.165, 1.54) is 0 Å². The smallest absolute Gasteiger partial charge is 0.168 e. The van der Waals surface area contributed by atoms with Crippen LogP contribution in [0, 0.1) is 0 Å². The summed E-state index contributed by atoms with van der Waals surface area (Å²) in [7, 11) is 0. The van der Waals surface area contributed by atoms with Gasteiger partial charge in [0.1, 0.15) is 0 Å². The van der Waals surface area contributed by atoms with Gasteiger partial charge in [-0.15, -0.1) is 0 Å². The molecule has 1 aromatic heterocycles. The van der Waals surface area contributed by atoms with Crippen LogP contribution >= 0.6 is 23.8 Å². The number of anilines is 1. The second-order valence-corrected chi connectivity index (χ2v) is 3.83. The van der Waals surface area contributed by atoms with Gasteiger partial charge in [0.2, 0.25) is 0 Å². The second kappa shape index (κ2) is 4.00. The molecule has 0 bridgehead atoms. The zero-order chi connectivity index (χ0) is 10.8. The van der Waals surface area contributed by atoms with Crippen molar-refractivity contribution in [2.45, 2.75) is 0 Å². The number of halogens is 1. The van der Waals surface area contributed by atoms with Gasteiger partial charge in [0.15, 0.2) is 5.11 Å².